The molecular formula is C28H26N2O4S. The number of nitrogens with zero attached hydrogens (tertiary/aromatic N) is 2. The zero-order valence-electron chi connectivity index (χ0n) is 19.6. The summed E-state index contributed by atoms with van der Waals surface area (Å²) in [5.41, 5.74) is 4.41. The number of hydrogen-bond acceptors (Lipinski definition) is 5. The first-order chi connectivity index (χ1) is 17.0. The number of carbonyl (C=O) groups is 2. The Morgan fingerprint density at radius 3 is 2.37 bits per heavy atom. The number of aliphatic carboxylic acids is 1. The number of hydrogen-bond donors (Lipinski definition) is 1. The minimum Gasteiger partial charge on any atom is -0.481 e. The van der Waals surface area contributed by atoms with Gasteiger partial charge in [0.15, 0.2) is 11.8 Å². The number of rotatable bonds is 8. The third kappa shape index (κ3) is 5.46. The Morgan fingerprint density at radius 2 is 1.63 bits per heavy atom. The number of carboxylic acid groups (broad SMARTS) is 1. The fraction of sp³-hybridized carbons (Fsp3) is 0.179. The van der Waals surface area contributed by atoms with Gasteiger partial charge in [-0.05, 0) is 60.0 Å². The second kappa shape index (κ2) is 11.1. The summed E-state index contributed by atoms with van der Waals surface area (Å²) in [7, 11) is 0. The van der Waals surface area contributed by atoms with Gasteiger partial charge in [0.25, 0.3) is 5.91 Å². The Hall–Kier alpha value is -3.84. The molecule has 0 unspecified atom stereocenters. The number of carboxylic acids is 1. The Morgan fingerprint density at radius 1 is 0.971 bits per heavy atom. The van der Waals surface area contributed by atoms with E-state index in [1.54, 1.807) is 29.2 Å². The van der Waals surface area contributed by atoms with Gasteiger partial charge < -0.3 is 9.84 Å². The van der Waals surface area contributed by atoms with Gasteiger partial charge in [-0.2, -0.15) is 0 Å². The summed E-state index contributed by atoms with van der Waals surface area (Å²) < 4.78 is 5.44. The summed E-state index contributed by atoms with van der Waals surface area (Å²) >= 11 is 1.30. The summed E-state index contributed by atoms with van der Waals surface area (Å²) in [6.45, 7) is 3.68. The zero-order chi connectivity index (χ0) is 24.8. The first-order valence-corrected chi connectivity index (χ1v) is 12.3. The lowest BCUT2D eigenvalue weighted by Crippen LogP contribution is -2.29. The zero-order valence-corrected chi connectivity index (χ0v) is 20.4. The molecule has 7 heteroatoms. The number of ether oxygens (including phenoxy) is 1. The van der Waals surface area contributed by atoms with Gasteiger partial charge in [-0.25, -0.2) is 9.79 Å². The van der Waals surface area contributed by atoms with Crippen LogP contribution in [0.3, 0.4) is 0 Å². The van der Waals surface area contributed by atoms with Crippen LogP contribution >= 0.6 is 11.8 Å². The minimum atomic E-state index is -1.06. The van der Waals surface area contributed by atoms with Gasteiger partial charge in [0, 0.05) is 5.56 Å². The molecule has 1 aliphatic rings. The van der Waals surface area contributed by atoms with E-state index in [9.17, 15) is 9.59 Å². The van der Waals surface area contributed by atoms with Gasteiger partial charge in [-0.3, -0.25) is 9.69 Å². The second-order valence-electron chi connectivity index (χ2n) is 7.83. The first-order valence-electron chi connectivity index (χ1n) is 11.4. The highest BCUT2D eigenvalue weighted by atomic mass is 32.2. The summed E-state index contributed by atoms with van der Waals surface area (Å²) in [5, 5.41) is 9.57. The SMILES string of the molecule is CCc1ccccc1N=C1S/C(=C\c2ccccc2OCC(=O)O)C(=O)N1c1ccccc1CC. The van der Waals surface area contributed by atoms with Gasteiger partial charge in [0.05, 0.1) is 16.3 Å². The Balaban J connectivity index is 1.81. The predicted molar refractivity (Wildman–Crippen MR) is 141 cm³/mol. The standard InChI is InChI=1S/C28H26N2O4S/c1-3-19-11-5-8-14-22(19)29-28-30(23-15-9-6-12-20(23)4-2)27(33)25(35-28)17-21-13-7-10-16-24(21)34-18-26(31)32/h5-17H,3-4,18H2,1-2H3,(H,31,32)/b25-17-,29-28?. The van der Waals surface area contributed by atoms with Crippen LogP contribution in [0.25, 0.3) is 6.08 Å². The molecule has 0 aromatic heterocycles. The van der Waals surface area contributed by atoms with Gasteiger partial charge in [0.2, 0.25) is 0 Å². The monoisotopic (exact) mass is 486 g/mol. The fourth-order valence-electron chi connectivity index (χ4n) is 3.82. The Bertz CT molecular complexity index is 1320. The number of anilines is 1. The molecule has 1 saturated heterocycles. The van der Waals surface area contributed by atoms with Crippen molar-refractivity contribution in [2.24, 2.45) is 4.99 Å². The number of amidine groups is 1. The quantitative estimate of drug-likeness (QED) is 0.390. The van der Waals surface area contributed by atoms with Crippen molar-refractivity contribution in [3.05, 3.63) is 94.4 Å². The number of amides is 1. The van der Waals surface area contributed by atoms with Crippen LogP contribution in [0, 0.1) is 0 Å². The van der Waals surface area contributed by atoms with E-state index in [2.05, 4.69) is 13.8 Å². The third-order valence-electron chi connectivity index (χ3n) is 5.57. The molecule has 0 aliphatic carbocycles. The highest BCUT2D eigenvalue weighted by molar-refractivity contribution is 8.19. The van der Waals surface area contributed by atoms with Gasteiger partial charge in [-0.1, -0.05) is 68.4 Å². The lowest BCUT2D eigenvalue weighted by atomic mass is 10.1. The van der Waals surface area contributed by atoms with Crippen molar-refractivity contribution < 1.29 is 19.4 Å². The summed E-state index contributed by atoms with van der Waals surface area (Å²) in [6, 6.07) is 22.8. The molecule has 35 heavy (non-hydrogen) atoms. The van der Waals surface area contributed by atoms with Crippen molar-refractivity contribution in [2.75, 3.05) is 11.5 Å². The molecule has 6 nitrogen and oxygen atoms in total. The average molecular weight is 487 g/mol. The maximum absolute atomic E-state index is 13.7. The predicted octanol–water partition coefficient (Wildman–Crippen LogP) is 6.08. The van der Waals surface area contributed by atoms with E-state index in [-0.39, 0.29) is 5.91 Å². The fourth-order valence-corrected chi connectivity index (χ4v) is 4.80. The number of para-hydroxylation sites is 3. The van der Waals surface area contributed by atoms with E-state index in [0.29, 0.717) is 21.4 Å². The lowest BCUT2D eigenvalue weighted by Gasteiger charge is -2.19. The Kier molecular flexibility index (Phi) is 7.67. The maximum Gasteiger partial charge on any atom is 0.341 e. The highest BCUT2D eigenvalue weighted by Gasteiger charge is 2.36. The molecule has 1 aliphatic heterocycles. The van der Waals surface area contributed by atoms with E-state index in [4.69, 9.17) is 14.8 Å². The molecule has 3 aromatic carbocycles. The number of aliphatic imine (C=N–C) groups is 1. The van der Waals surface area contributed by atoms with Crippen LogP contribution in [0.15, 0.2) is 82.7 Å². The molecular weight excluding hydrogens is 460 g/mol. The lowest BCUT2D eigenvalue weighted by molar-refractivity contribution is -0.139. The van der Waals surface area contributed by atoms with Crippen LogP contribution in [0.1, 0.15) is 30.5 Å². The van der Waals surface area contributed by atoms with Crippen LogP contribution in [0.5, 0.6) is 5.75 Å². The molecule has 0 spiro atoms. The van der Waals surface area contributed by atoms with E-state index >= 15 is 0 Å². The van der Waals surface area contributed by atoms with Crippen molar-refractivity contribution >= 4 is 46.3 Å². The molecule has 1 heterocycles. The average Bonchev–Trinajstić information content (AvgIpc) is 3.17. The second-order valence-corrected chi connectivity index (χ2v) is 8.84. The molecule has 0 saturated carbocycles. The molecule has 1 N–H and O–H groups in total. The van der Waals surface area contributed by atoms with E-state index in [1.165, 1.54) is 11.8 Å². The van der Waals surface area contributed by atoms with E-state index in [1.807, 2.05) is 54.6 Å². The molecule has 0 radical (unpaired) electrons. The van der Waals surface area contributed by atoms with Crippen molar-refractivity contribution in [1.82, 2.24) is 0 Å². The Labute approximate surface area is 209 Å². The van der Waals surface area contributed by atoms with Crippen molar-refractivity contribution in [3.63, 3.8) is 0 Å². The van der Waals surface area contributed by atoms with Crippen LogP contribution < -0.4 is 9.64 Å². The molecule has 0 bridgehead atoms. The van der Waals surface area contributed by atoms with E-state index < -0.39 is 12.6 Å². The molecule has 1 fully saturated rings. The van der Waals surface area contributed by atoms with Gasteiger partial charge in [-0.15, -0.1) is 0 Å². The van der Waals surface area contributed by atoms with Crippen molar-refractivity contribution in [3.8, 4) is 5.75 Å². The number of thioether (sulfide) groups is 1. The third-order valence-corrected chi connectivity index (χ3v) is 6.53. The van der Waals surface area contributed by atoms with E-state index in [0.717, 1.165) is 35.3 Å². The van der Waals surface area contributed by atoms with Crippen LogP contribution in [-0.2, 0) is 22.4 Å². The normalized spacial score (nSPS) is 15.7. The van der Waals surface area contributed by atoms with Crippen LogP contribution in [0.2, 0.25) is 0 Å². The summed E-state index contributed by atoms with van der Waals surface area (Å²) in [4.78, 5) is 31.8. The summed E-state index contributed by atoms with van der Waals surface area (Å²) in [6.07, 6.45) is 3.34. The van der Waals surface area contributed by atoms with Crippen molar-refractivity contribution in [2.45, 2.75) is 26.7 Å². The molecule has 4 rings (SSSR count). The minimum absolute atomic E-state index is 0.184. The van der Waals surface area contributed by atoms with Gasteiger partial charge in [0.1, 0.15) is 5.75 Å². The maximum atomic E-state index is 13.7. The molecule has 3 aromatic rings. The molecule has 1 amide bonds. The number of benzene rings is 3. The van der Waals surface area contributed by atoms with Crippen LogP contribution in [0.4, 0.5) is 11.4 Å². The largest absolute Gasteiger partial charge is 0.481 e. The topological polar surface area (TPSA) is 79.2 Å². The van der Waals surface area contributed by atoms with Crippen LogP contribution in [-0.4, -0.2) is 28.8 Å². The molecule has 0 atom stereocenters. The number of aryl methyl sites for hydroxylation is 2. The molecule has 178 valence electrons. The summed E-state index contributed by atoms with van der Waals surface area (Å²) in [5.74, 6) is -0.847. The smallest absolute Gasteiger partial charge is 0.341 e. The van der Waals surface area contributed by atoms with Crippen molar-refractivity contribution in [1.29, 1.82) is 0 Å². The van der Waals surface area contributed by atoms with Gasteiger partial charge >= 0.3 is 5.97 Å². The first kappa shape index (κ1) is 24.3. The number of carbonyl (C=O) groups excluding carboxylic acids is 1. The highest BCUT2D eigenvalue weighted by Crippen LogP contribution is 2.40.